The zero-order valence-electron chi connectivity index (χ0n) is 16.9. The van der Waals surface area contributed by atoms with E-state index in [0.717, 1.165) is 22.4 Å². The second-order valence-electron chi connectivity index (χ2n) is 6.76. The number of hydrogen-bond acceptors (Lipinski definition) is 9. The molecule has 29 heavy (non-hydrogen) atoms. The van der Waals surface area contributed by atoms with Crippen molar-refractivity contribution in [1.82, 2.24) is 20.1 Å². The Kier molecular flexibility index (Phi) is 6.40. The lowest BCUT2D eigenvalue weighted by atomic mass is 10.1. The van der Waals surface area contributed by atoms with Crippen LogP contribution in [0.15, 0.2) is 22.7 Å². The van der Waals surface area contributed by atoms with Crippen molar-refractivity contribution in [3.05, 3.63) is 35.0 Å². The minimum absolute atomic E-state index is 0.0189. The number of nitrogens with zero attached hydrogens (tertiary/aromatic N) is 4. The molecular formula is C20H25N5O4. The van der Waals surface area contributed by atoms with Gasteiger partial charge < -0.3 is 24.8 Å². The summed E-state index contributed by atoms with van der Waals surface area (Å²) < 4.78 is 11.1. The van der Waals surface area contributed by atoms with E-state index in [4.69, 9.17) is 14.4 Å². The molecule has 0 saturated heterocycles. The molecule has 3 rings (SSSR count). The monoisotopic (exact) mass is 399 g/mol. The van der Waals surface area contributed by atoms with Gasteiger partial charge >= 0.3 is 0 Å². The average Bonchev–Trinajstić information content (AvgIpc) is 3.17. The molecular weight excluding hydrogens is 374 g/mol. The number of aryl methyl sites for hydroxylation is 3. The van der Waals surface area contributed by atoms with Gasteiger partial charge in [-0.25, -0.2) is 9.97 Å². The number of nitrogens with one attached hydrogen (secondary N) is 1. The van der Waals surface area contributed by atoms with Crippen LogP contribution in [0, 0.1) is 20.8 Å². The molecule has 0 aliphatic heterocycles. The predicted octanol–water partition coefficient (Wildman–Crippen LogP) is 2.28. The minimum atomic E-state index is -0.920. The quantitative estimate of drug-likeness (QED) is 0.523. The second kappa shape index (κ2) is 8.97. The first kappa shape index (κ1) is 20.7. The van der Waals surface area contributed by atoms with E-state index in [-0.39, 0.29) is 13.2 Å². The Hall–Kier alpha value is -3.04. The van der Waals surface area contributed by atoms with Crippen LogP contribution in [0.5, 0.6) is 5.75 Å². The molecule has 154 valence electrons. The van der Waals surface area contributed by atoms with Crippen LogP contribution in [0.3, 0.4) is 0 Å². The van der Waals surface area contributed by atoms with Crippen molar-refractivity contribution in [1.29, 1.82) is 0 Å². The van der Waals surface area contributed by atoms with E-state index >= 15 is 0 Å². The summed E-state index contributed by atoms with van der Waals surface area (Å²) >= 11 is 0. The van der Waals surface area contributed by atoms with Crippen molar-refractivity contribution in [2.75, 3.05) is 25.1 Å². The van der Waals surface area contributed by atoms with Gasteiger partial charge in [0.25, 0.3) is 5.89 Å². The molecule has 0 aliphatic carbocycles. The van der Waals surface area contributed by atoms with Crippen LogP contribution < -0.4 is 10.1 Å². The van der Waals surface area contributed by atoms with Gasteiger partial charge in [0.2, 0.25) is 11.8 Å². The van der Waals surface area contributed by atoms with Gasteiger partial charge in [-0.3, -0.25) is 0 Å². The van der Waals surface area contributed by atoms with E-state index in [1.54, 1.807) is 6.07 Å². The molecule has 0 saturated carbocycles. The maximum absolute atomic E-state index is 9.50. The molecule has 9 heteroatoms. The van der Waals surface area contributed by atoms with Crippen LogP contribution in [-0.4, -0.2) is 56.2 Å². The number of rotatable bonds is 8. The molecule has 2 heterocycles. The van der Waals surface area contributed by atoms with Crippen molar-refractivity contribution in [2.24, 2.45) is 0 Å². The summed E-state index contributed by atoms with van der Waals surface area (Å²) in [5.74, 6) is 1.92. The largest absolute Gasteiger partial charge is 0.490 e. The van der Waals surface area contributed by atoms with Gasteiger partial charge in [-0.2, -0.15) is 4.98 Å². The number of anilines is 1. The molecule has 1 aromatic carbocycles. The highest BCUT2D eigenvalue weighted by molar-refractivity contribution is 5.63. The summed E-state index contributed by atoms with van der Waals surface area (Å²) in [5, 5.41) is 25.6. The van der Waals surface area contributed by atoms with Crippen LogP contribution in [-0.2, 0) is 0 Å². The van der Waals surface area contributed by atoms with Crippen LogP contribution in [0.25, 0.3) is 23.0 Å². The third-order valence-electron chi connectivity index (χ3n) is 4.18. The summed E-state index contributed by atoms with van der Waals surface area (Å²) in [6.07, 6.45) is -0.920. The number of aliphatic hydroxyl groups excluding tert-OH is 2. The van der Waals surface area contributed by atoms with Crippen molar-refractivity contribution in [3.63, 3.8) is 0 Å². The molecule has 0 radical (unpaired) electrons. The third kappa shape index (κ3) is 4.87. The SMILES string of the molecule is CCNc1nc(C)cc(-c2nc(-c3cc(C)c(OC[C@H](O)CO)c(C)c3)no2)n1. The number of aromatic nitrogens is 4. The first-order chi connectivity index (χ1) is 13.9. The molecule has 2 aromatic heterocycles. The number of aliphatic hydroxyl groups is 2. The van der Waals surface area contributed by atoms with Gasteiger partial charge in [-0.05, 0) is 57.0 Å². The number of benzene rings is 1. The lowest BCUT2D eigenvalue weighted by Crippen LogP contribution is -2.21. The number of hydrogen-bond donors (Lipinski definition) is 3. The fraction of sp³-hybridized carbons (Fsp3) is 0.400. The molecule has 0 aliphatic rings. The van der Waals surface area contributed by atoms with Gasteiger partial charge in [0, 0.05) is 17.8 Å². The fourth-order valence-electron chi connectivity index (χ4n) is 2.90. The van der Waals surface area contributed by atoms with Crippen LogP contribution in [0.1, 0.15) is 23.7 Å². The second-order valence-corrected chi connectivity index (χ2v) is 6.76. The summed E-state index contributed by atoms with van der Waals surface area (Å²) in [5.41, 5.74) is 3.86. The summed E-state index contributed by atoms with van der Waals surface area (Å²) in [6, 6.07) is 5.56. The van der Waals surface area contributed by atoms with Gasteiger partial charge in [-0.15, -0.1) is 0 Å². The molecule has 0 unspecified atom stereocenters. The minimum Gasteiger partial charge on any atom is -0.490 e. The number of ether oxygens (including phenoxy) is 1. The Labute approximate surface area is 168 Å². The summed E-state index contributed by atoms with van der Waals surface area (Å²) in [6.45, 7) is 8.02. The highest BCUT2D eigenvalue weighted by atomic mass is 16.5. The van der Waals surface area contributed by atoms with Crippen molar-refractivity contribution < 1.29 is 19.5 Å². The zero-order chi connectivity index (χ0) is 21.0. The highest BCUT2D eigenvalue weighted by Crippen LogP contribution is 2.30. The summed E-state index contributed by atoms with van der Waals surface area (Å²) in [7, 11) is 0. The fourth-order valence-corrected chi connectivity index (χ4v) is 2.90. The Bertz CT molecular complexity index is 966. The lowest BCUT2D eigenvalue weighted by molar-refractivity contribution is 0.0532. The lowest BCUT2D eigenvalue weighted by Gasteiger charge is -2.15. The Morgan fingerprint density at radius 3 is 2.48 bits per heavy atom. The predicted molar refractivity (Wildman–Crippen MR) is 108 cm³/mol. The van der Waals surface area contributed by atoms with E-state index in [2.05, 4.69) is 25.4 Å². The average molecular weight is 399 g/mol. The topological polar surface area (TPSA) is 126 Å². The molecule has 0 amide bonds. The Balaban J connectivity index is 1.87. The van der Waals surface area contributed by atoms with E-state index in [9.17, 15) is 5.11 Å². The Morgan fingerprint density at radius 1 is 1.10 bits per heavy atom. The van der Waals surface area contributed by atoms with Crippen LogP contribution in [0.2, 0.25) is 0 Å². The van der Waals surface area contributed by atoms with Gasteiger partial charge in [0.1, 0.15) is 24.2 Å². The Morgan fingerprint density at radius 2 is 1.83 bits per heavy atom. The van der Waals surface area contributed by atoms with E-state index < -0.39 is 6.10 Å². The van der Waals surface area contributed by atoms with Crippen LogP contribution in [0.4, 0.5) is 5.95 Å². The highest BCUT2D eigenvalue weighted by Gasteiger charge is 2.16. The smallest absolute Gasteiger partial charge is 0.277 e. The zero-order valence-corrected chi connectivity index (χ0v) is 16.9. The summed E-state index contributed by atoms with van der Waals surface area (Å²) in [4.78, 5) is 13.2. The van der Waals surface area contributed by atoms with Crippen molar-refractivity contribution >= 4 is 5.95 Å². The molecule has 3 N–H and O–H groups in total. The molecule has 3 aromatic rings. The van der Waals surface area contributed by atoms with Crippen LogP contribution >= 0.6 is 0 Å². The van der Waals surface area contributed by atoms with Crippen molar-refractivity contribution in [2.45, 2.75) is 33.8 Å². The maximum atomic E-state index is 9.50. The molecule has 0 spiro atoms. The first-order valence-electron chi connectivity index (χ1n) is 9.38. The van der Waals surface area contributed by atoms with Gasteiger partial charge in [0.05, 0.1) is 6.61 Å². The van der Waals surface area contributed by atoms with Gasteiger partial charge in [0.15, 0.2) is 0 Å². The third-order valence-corrected chi connectivity index (χ3v) is 4.18. The maximum Gasteiger partial charge on any atom is 0.277 e. The van der Waals surface area contributed by atoms with Crippen molar-refractivity contribution in [3.8, 4) is 28.7 Å². The first-order valence-corrected chi connectivity index (χ1v) is 9.38. The molecule has 1 atom stereocenters. The molecule has 0 fully saturated rings. The van der Waals surface area contributed by atoms with E-state index in [1.807, 2.05) is 39.8 Å². The van der Waals surface area contributed by atoms with E-state index in [0.29, 0.717) is 35.7 Å². The van der Waals surface area contributed by atoms with E-state index in [1.165, 1.54) is 0 Å². The standard InChI is InChI=1S/C20H25N5O4/c1-5-21-20-22-13(4)8-16(23-20)19-24-18(25-29-19)14-6-11(2)17(12(3)7-14)28-10-15(27)9-26/h6-8,15,26-27H,5,9-10H2,1-4H3,(H,21,22,23)/t15-/m1/s1. The normalized spacial score (nSPS) is 12.1. The molecule has 0 bridgehead atoms. The molecule has 9 nitrogen and oxygen atoms in total. The van der Waals surface area contributed by atoms with Gasteiger partial charge in [-0.1, -0.05) is 5.16 Å².